The minimum Gasteiger partial charge on any atom is -0.188 e. The first kappa shape index (κ1) is 15.0. The van der Waals surface area contributed by atoms with Crippen LogP contribution in [0.25, 0.3) is 0 Å². The molecule has 15 heavy (non-hydrogen) atoms. The molecule has 0 aliphatic rings. The third kappa shape index (κ3) is 3.51. The highest BCUT2D eigenvalue weighted by Gasteiger charge is 2.72. The standard InChI is InChI=1S/C5H2Cl2F8/c6-2(4(10,11)12,5(13,14)15)1-3(7,8)9/h1H2. The van der Waals surface area contributed by atoms with Crippen LogP contribution in [0.3, 0.4) is 0 Å². The van der Waals surface area contributed by atoms with Gasteiger partial charge in [-0.05, 0) is 11.6 Å². The number of hydrogen-bond acceptors (Lipinski definition) is 0. The minimum atomic E-state index is -6.08. The molecule has 0 heterocycles. The van der Waals surface area contributed by atoms with Crippen molar-refractivity contribution < 1.29 is 35.1 Å². The van der Waals surface area contributed by atoms with E-state index in [1.165, 1.54) is 0 Å². The minimum absolute atomic E-state index is 2.78. The van der Waals surface area contributed by atoms with Crippen molar-refractivity contribution in [3.05, 3.63) is 0 Å². The lowest BCUT2D eigenvalue weighted by Crippen LogP contribution is -2.54. The maximum atomic E-state index is 12.0. The van der Waals surface area contributed by atoms with Crippen molar-refractivity contribution in [2.45, 2.75) is 29.0 Å². The summed E-state index contributed by atoms with van der Waals surface area (Å²) in [6.07, 6.45) is -14.9. The molecule has 0 rings (SSSR count). The molecule has 0 amide bonds. The molecule has 0 atom stereocenters. The maximum absolute atomic E-state index is 12.0. The molecule has 0 aliphatic carbocycles. The quantitative estimate of drug-likeness (QED) is 0.524. The zero-order chi connectivity index (χ0) is 12.7. The molecule has 0 aromatic carbocycles. The molecule has 0 aromatic heterocycles. The molecule has 0 radical (unpaired) electrons. The van der Waals surface area contributed by atoms with Crippen LogP contribution in [0.1, 0.15) is 6.42 Å². The lowest BCUT2D eigenvalue weighted by Gasteiger charge is -2.32. The van der Waals surface area contributed by atoms with E-state index in [1.807, 2.05) is 0 Å². The molecule has 0 nitrogen and oxygen atoms in total. The Morgan fingerprint density at radius 3 is 1.00 bits per heavy atom. The monoisotopic (exact) mass is 284 g/mol. The van der Waals surface area contributed by atoms with Crippen molar-refractivity contribution in [3.63, 3.8) is 0 Å². The molecule has 0 fully saturated rings. The van der Waals surface area contributed by atoms with Crippen LogP contribution < -0.4 is 0 Å². The topological polar surface area (TPSA) is 0 Å². The van der Waals surface area contributed by atoms with Crippen molar-refractivity contribution in [3.8, 4) is 0 Å². The first-order valence-electron chi connectivity index (χ1n) is 3.10. The summed E-state index contributed by atoms with van der Waals surface area (Å²) in [7, 11) is 0. The van der Waals surface area contributed by atoms with Crippen LogP contribution >= 0.6 is 23.2 Å². The maximum Gasteiger partial charge on any atom is 0.416 e. The van der Waals surface area contributed by atoms with Crippen LogP contribution in [-0.4, -0.2) is 22.6 Å². The van der Waals surface area contributed by atoms with Gasteiger partial charge in [0.2, 0.25) is 4.87 Å². The molecular formula is C5H2Cl2F8. The molecule has 0 N–H and O–H groups in total. The van der Waals surface area contributed by atoms with Crippen LogP contribution in [0, 0.1) is 0 Å². The van der Waals surface area contributed by atoms with Gasteiger partial charge in [0.05, 0.1) is 6.42 Å². The van der Waals surface area contributed by atoms with E-state index in [0.717, 1.165) is 0 Å². The van der Waals surface area contributed by atoms with Gasteiger partial charge in [0.25, 0.3) is 0 Å². The predicted molar refractivity (Wildman–Crippen MR) is 36.1 cm³/mol. The van der Waals surface area contributed by atoms with Gasteiger partial charge in [-0.3, -0.25) is 0 Å². The van der Waals surface area contributed by atoms with Gasteiger partial charge in [-0.1, -0.05) is 11.6 Å². The summed E-state index contributed by atoms with van der Waals surface area (Å²) in [6, 6.07) is 0. The van der Waals surface area contributed by atoms with Crippen LogP contribution in [0.4, 0.5) is 35.1 Å². The van der Waals surface area contributed by atoms with Crippen molar-refractivity contribution in [2.75, 3.05) is 0 Å². The fraction of sp³-hybridized carbons (Fsp3) is 1.00. The van der Waals surface area contributed by atoms with Crippen molar-refractivity contribution >= 4 is 23.2 Å². The average Bonchev–Trinajstić information content (AvgIpc) is 1.77. The molecular weight excluding hydrogens is 283 g/mol. The second kappa shape index (κ2) is 3.80. The first-order valence-corrected chi connectivity index (χ1v) is 3.85. The smallest absolute Gasteiger partial charge is 0.188 e. The number of rotatable bonds is 2. The van der Waals surface area contributed by atoms with Gasteiger partial charge in [0.1, 0.15) is 0 Å². The SMILES string of the molecule is FC(F)(Cl)CC(Cl)(C(F)(F)F)C(F)(F)F. The summed E-state index contributed by atoms with van der Waals surface area (Å²) < 4.78 is 95.2. The highest BCUT2D eigenvalue weighted by atomic mass is 35.5. The number of halogens is 10. The van der Waals surface area contributed by atoms with E-state index in [-0.39, 0.29) is 0 Å². The Balaban J connectivity index is 5.26. The average molecular weight is 285 g/mol. The van der Waals surface area contributed by atoms with Crippen LogP contribution in [0.5, 0.6) is 0 Å². The Morgan fingerprint density at radius 1 is 0.667 bits per heavy atom. The summed E-state index contributed by atoms with van der Waals surface area (Å²) in [6.45, 7) is 0. The van der Waals surface area contributed by atoms with E-state index in [2.05, 4.69) is 23.2 Å². The highest BCUT2D eigenvalue weighted by molar-refractivity contribution is 6.27. The van der Waals surface area contributed by atoms with Gasteiger partial charge in [-0.25, -0.2) is 0 Å². The van der Waals surface area contributed by atoms with Gasteiger partial charge in [-0.15, -0.1) is 0 Å². The summed E-state index contributed by atoms with van der Waals surface area (Å²) >= 11 is 8.17. The van der Waals surface area contributed by atoms with Gasteiger partial charge in [0.15, 0.2) is 0 Å². The molecule has 0 unspecified atom stereocenters. The number of alkyl halides is 10. The van der Waals surface area contributed by atoms with Crippen molar-refractivity contribution in [2.24, 2.45) is 0 Å². The molecule has 92 valence electrons. The molecule has 0 spiro atoms. The van der Waals surface area contributed by atoms with Crippen molar-refractivity contribution in [1.82, 2.24) is 0 Å². The second-order valence-electron chi connectivity index (χ2n) is 2.59. The Hall–Kier alpha value is 0.0200. The normalized spacial score (nSPS) is 15.6. The summed E-state index contributed by atoms with van der Waals surface area (Å²) in [5, 5.41) is -4.70. The van der Waals surface area contributed by atoms with Gasteiger partial charge in [0, 0.05) is 0 Å². The Morgan fingerprint density at radius 2 is 0.933 bits per heavy atom. The van der Waals surface area contributed by atoms with E-state index in [0.29, 0.717) is 0 Å². The lowest BCUT2D eigenvalue weighted by atomic mass is 10.0. The Kier molecular flexibility index (Phi) is 3.80. The fourth-order valence-corrected chi connectivity index (χ4v) is 1.07. The third-order valence-electron chi connectivity index (χ3n) is 1.34. The Bertz CT molecular complexity index is 209. The van der Waals surface area contributed by atoms with Crippen LogP contribution in [0.2, 0.25) is 0 Å². The zero-order valence-corrected chi connectivity index (χ0v) is 8.00. The molecule has 10 heteroatoms. The Labute approximate surface area is 88.1 Å². The zero-order valence-electron chi connectivity index (χ0n) is 6.49. The molecule has 0 bridgehead atoms. The van der Waals surface area contributed by atoms with E-state index >= 15 is 0 Å². The molecule has 0 saturated carbocycles. The predicted octanol–water partition coefficient (Wildman–Crippen LogP) is 4.31. The molecule has 0 aromatic rings. The second-order valence-corrected chi connectivity index (χ2v) is 3.79. The molecule has 0 aliphatic heterocycles. The summed E-state index contributed by atoms with van der Waals surface area (Å²) in [4.78, 5) is -5.05. The number of hydrogen-bond donors (Lipinski definition) is 0. The van der Waals surface area contributed by atoms with Crippen LogP contribution in [0.15, 0.2) is 0 Å². The third-order valence-corrected chi connectivity index (χ3v) is 2.04. The van der Waals surface area contributed by atoms with Gasteiger partial charge in [-0.2, -0.15) is 35.1 Å². The lowest BCUT2D eigenvalue weighted by molar-refractivity contribution is -0.277. The van der Waals surface area contributed by atoms with E-state index < -0.39 is 29.0 Å². The van der Waals surface area contributed by atoms with E-state index in [4.69, 9.17) is 0 Å². The summed E-state index contributed by atoms with van der Waals surface area (Å²) in [5.74, 6) is 0. The van der Waals surface area contributed by atoms with E-state index in [9.17, 15) is 35.1 Å². The largest absolute Gasteiger partial charge is 0.416 e. The summed E-state index contributed by atoms with van der Waals surface area (Å²) in [5.41, 5.74) is 0. The van der Waals surface area contributed by atoms with Gasteiger partial charge >= 0.3 is 17.7 Å². The van der Waals surface area contributed by atoms with E-state index in [1.54, 1.807) is 0 Å². The van der Waals surface area contributed by atoms with Gasteiger partial charge < -0.3 is 0 Å². The van der Waals surface area contributed by atoms with Crippen molar-refractivity contribution in [1.29, 1.82) is 0 Å². The highest BCUT2D eigenvalue weighted by Crippen LogP contribution is 2.53. The van der Waals surface area contributed by atoms with Crippen LogP contribution in [-0.2, 0) is 0 Å². The first-order chi connectivity index (χ1) is 6.21. The fourth-order valence-electron chi connectivity index (χ4n) is 0.637. The molecule has 0 saturated heterocycles.